The number of hydrogen-bond acceptors (Lipinski definition) is 6. The van der Waals surface area contributed by atoms with Gasteiger partial charge in [-0.25, -0.2) is 4.68 Å². The second kappa shape index (κ2) is 8.73. The van der Waals surface area contributed by atoms with Crippen molar-refractivity contribution in [3.05, 3.63) is 29.0 Å². The minimum absolute atomic E-state index is 0.213. The maximum Gasteiger partial charge on any atom is 0.199 e. The summed E-state index contributed by atoms with van der Waals surface area (Å²) in [7, 11) is 3.85. The van der Waals surface area contributed by atoms with E-state index in [1.54, 1.807) is 7.11 Å². The molecule has 0 saturated carbocycles. The molecule has 0 N–H and O–H groups in total. The normalized spacial score (nSPS) is 21.3. The molecule has 0 bridgehead atoms. The first-order chi connectivity index (χ1) is 13.6. The fraction of sp³-hybridized carbons (Fsp3) is 0.600. The molecule has 2 saturated heterocycles. The Morgan fingerprint density at radius 3 is 2.57 bits per heavy atom. The highest BCUT2D eigenvalue weighted by Gasteiger charge is 2.22. The average Bonchev–Trinajstić information content (AvgIpc) is 3.34. The molecular weight excluding hydrogens is 374 g/mol. The zero-order chi connectivity index (χ0) is 19.5. The minimum Gasteiger partial charge on any atom is -0.497 e. The molecule has 1 aromatic heterocycles. The lowest BCUT2D eigenvalue weighted by Gasteiger charge is -2.31. The van der Waals surface area contributed by atoms with Crippen LogP contribution in [0.4, 0.5) is 0 Å². The number of benzene rings is 1. The molecule has 0 amide bonds. The molecule has 4 rings (SSSR count). The van der Waals surface area contributed by atoms with Crippen LogP contribution in [0, 0.1) is 4.77 Å². The van der Waals surface area contributed by atoms with Crippen LogP contribution in [-0.2, 0) is 18.0 Å². The lowest BCUT2D eigenvalue weighted by Crippen LogP contribution is -2.45. The molecule has 2 fully saturated rings. The monoisotopic (exact) mass is 403 g/mol. The summed E-state index contributed by atoms with van der Waals surface area (Å²) in [5.74, 6) is 1.74. The second-order valence-electron chi connectivity index (χ2n) is 7.64. The summed E-state index contributed by atoms with van der Waals surface area (Å²) in [6.07, 6.45) is 2.41. The van der Waals surface area contributed by atoms with Gasteiger partial charge in [0.15, 0.2) is 10.6 Å². The molecule has 1 atom stereocenters. The number of ether oxygens (including phenoxy) is 2. The zero-order valence-corrected chi connectivity index (χ0v) is 17.5. The average molecular weight is 404 g/mol. The second-order valence-corrected chi connectivity index (χ2v) is 8.01. The van der Waals surface area contributed by atoms with Crippen molar-refractivity contribution in [1.29, 1.82) is 0 Å². The molecule has 2 aliphatic heterocycles. The Hall–Kier alpha value is -1.74. The van der Waals surface area contributed by atoms with Gasteiger partial charge in [-0.05, 0) is 56.4 Å². The van der Waals surface area contributed by atoms with E-state index in [9.17, 15) is 0 Å². The van der Waals surface area contributed by atoms with Crippen LogP contribution in [0.15, 0.2) is 24.3 Å². The van der Waals surface area contributed by atoms with Crippen molar-refractivity contribution in [3.63, 3.8) is 0 Å². The van der Waals surface area contributed by atoms with Gasteiger partial charge < -0.3 is 14.4 Å². The van der Waals surface area contributed by atoms with Crippen molar-refractivity contribution < 1.29 is 9.47 Å². The first kappa shape index (κ1) is 19.6. The van der Waals surface area contributed by atoms with Gasteiger partial charge in [0.1, 0.15) is 5.75 Å². The summed E-state index contributed by atoms with van der Waals surface area (Å²) in [6, 6.07) is 8.02. The number of nitrogens with zero attached hydrogens (tertiary/aromatic N) is 5. The van der Waals surface area contributed by atoms with Gasteiger partial charge in [-0.2, -0.15) is 5.10 Å². The molecule has 0 aliphatic carbocycles. The van der Waals surface area contributed by atoms with E-state index < -0.39 is 0 Å². The summed E-state index contributed by atoms with van der Waals surface area (Å²) in [6.45, 7) is 6.55. The van der Waals surface area contributed by atoms with Gasteiger partial charge in [0.25, 0.3) is 0 Å². The van der Waals surface area contributed by atoms with Gasteiger partial charge in [0.2, 0.25) is 0 Å². The standard InChI is InChI=1S/C20H29N5O2S/c1-22-9-11-23(12-10-22)15-25-20(28)24(14-18-4-3-13-27-18)19(21-25)16-5-7-17(26-2)8-6-16/h5-8,18H,3-4,9-15H2,1-2H3/t18-/m1/s1. The van der Waals surface area contributed by atoms with Crippen LogP contribution in [-0.4, -0.2) is 77.2 Å². The van der Waals surface area contributed by atoms with Crippen LogP contribution in [0.2, 0.25) is 0 Å². The summed E-state index contributed by atoms with van der Waals surface area (Å²) < 4.78 is 16.0. The quantitative estimate of drug-likeness (QED) is 0.691. The largest absolute Gasteiger partial charge is 0.497 e. The maximum absolute atomic E-state index is 5.87. The third-order valence-electron chi connectivity index (χ3n) is 5.61. The molecule has 152 valence electrons. The summed E-state index contributed by atoms with van der Waals surface area (Å²) in [5, 5.41) is 4.91. The molecule has 2 aromatic rings. The van der Waals surface area contributed by atoms with Crippen LogP contribution < -0.4 is 4.74 Å². The van der Waals surface area contributed by atoms with Gasteiger partial charge >= 0.3 is 0 Å². The predicted octanol–water partition coefficient (Wildman–Crippen LogP) is 2.47. The molecular formula is C20H29N5O2S. The molecule has 2 aliphatic rings. The molecule has 28 heavy (non-hydrogen) atoms. The highest BCUT2D eigenvalue weighted by Crippen LogP contribution is 2.24. The highest BCUT2D eigenvalue weighted by atomic mass is 32.1. The van der Waals surface area contributed by atoms with E-state index in [0.29, 0.717) is 0 Å². The van der Waals surface area contributed by atoms with Crippen molar-refractivity contribution >= 4 is 12.2 Å². The van der Waals surface area contributed by atoms with Gasteiger partial charge in [0, 0.05) is 38.3 Å². The van der Waals surface area contributed by atoms with Crippen LogP contribution in [0.5, 0.6) is 5.75 Å². The zero-order valence-electron chi connectivity index (χ0n) is 16.7. The number of likely N-dealkylation sites (N-methyl/N-ethyl adjacent to an activating group) is 1. The van der Waals surface area contributed by atoms with Crippen LogP contribution in [0.3, 0.4) is 0 Å². The molecule has 8 heteroatoms. The van der Waals surface area contributed by atoms with Crippen LogP contribution >= 0.6 is 12.2 Å². The third-order valence-corrected chi connectivity index (χ3v) is 6.04. The first-order valence-corrected chi connectivity index (χ1v) is 10.4. The van der Waals surface area contributed by atoms with Crippen molar-refractivity contribution in [3.8, 4) is 17.1 Å². The number of piperazine rings is 1. The Labute approximate surface area is 171 Å². The van der Waals surface area contributed by atoms with E-state index in [1.807, 2.05) is 28.9 Å². The van der Waals surface area contributed by atoms with E-state index in [4.69, 9.17) is 26.8 Å². The molecule has 7 nitrogen and oxygen atoms in total. The van der Waals surface area contributed by atoms with Crippen molar-refractivity contribution in [2.75, 3.05) is 46.9 Å². The number of hydrogen-bond donors (Lipinski definition) is 0. The Balaban J connectivity index is 1.63. The number of rotatable bonds is 6. The van der Waals surface area contributed by atoms with E-state index in [2.05, 4.69) is 21.4 Å². The molecule has 0 spiro atoms. The molecule has 1 aromatic carbocycles. The topological polar surface area (TPSA) is 47.7 Å². The van der Waals surface area contributed by atoms with Gasteiger partial charge in [0.05, 0.1) is 26.4 Å². The smallest absolute Gasteiger partial charge is 0.199 e. The number of aromatic nitrogens is 3. The van der Waals surface area contributed by atoms with Gasteiger partial charge in [-0.3, -0.25) is 9.47 Å². The summed E-state index contributed by atoms with van der Waals surface area (Å²) in [4.78, 5) is 4.77. The Kier molecular flexibility index (Phi) is 6.10. The van der Waals surface area contributed by atoms with Crippen molar-refractivity contribution in [1.82, 2.24) is 24.1 Å². The highest BCUT2D eigenvalue weighted by molar-refractivity contribution is 7.71. The fourth-order valence-electron chi connectivity index (χ4n) is 3.82. The van der Waals surface area contributed by atoms with Crippen LogP contribution in [0.25, 0.3) is 11.4 Å². The van der Waals surface area contributed by atoms with Crippen molar-refractivity contribution in [2.45, 2.75) is 32.2 Å². The van der Waals surface area contributed by atoms with E-state index in [1.165, 1.54) is 0 Å². The molecule has 0 radical (unpaired) electrons. The summed E-state index contributed by atoms with van der Waals surface area (Å²) in [5.41, 5.74) is 1.04. The third kappa shape index (κ3) is 4.30. The van der Waals surface area contributed by atoms with E-state index in [-0.39, 0.29) is 6.10 Å². The first-order valence-electron chi connectivity index (χ1n) is 9.98. The predicted molar refractivity (Wildman–Crippen MR) is 111 cm³/mol. The SMILES string of the molecule is COc1ccc(-c2nn(CN3CCN(C)CC3)c(=S)n2C[C@H]2CCCO2)cc1. The van der Waals surface area contributed by atoms with Crippen molar-refractivity contribution in [2.24, 2.45) is 0 Å². The minimum atomic E-state index is 0.213. The Morgan fingerprint density at radius 2 is 1.93 bits per heavy atom. The molecule has 3 heterocycles. The van der Waals surface area contributed by atoms with E-state index in [0.717, 1.165) is 80.7 Å². The Morgan fingerprint density at radius 1 is 1.18 bits per heavy atom. The fourth-order valence-corrected chi connectivity index (χ4v) is 4.08. The van der Waals surface area contributed by atoms with Crippen LogP contribution in [0.1, 0.15) is 12.8 Å². The summed E-state index contributed by atoms with van der Waals surface area (Å²) >= 11 is 5.83. The van der Waals surface area contributed by atoms with Gasteiger partial charge in [-0.1, -0.05) is 0 Å². The maximum atomic E-state index is 5.87. The van der Waals surface area contributed by atoms with E-state index >= 15 is 0 Å². The number of methoxy groups -OCH3 is 1. The lowest BCUT2D eigenvalue weighted by molar-refractivity contribution is 0.0961. The Bertz CT molecular complexity index is 833. The molecule has 0 unspecified atom stereocenters. The lowest BCUT2D eigenvalue weighted by atomic mass is 10.2. The van der Waals surface area contributed by atoms with Gasteiger partial charge in [-0.15, -0.1) is 0 Å².